The van der Waals surface area contributed by atoms with Gasteiger partial charge in [0.25, 0.3) is 0 Å². The van der Waals surface area contributed by atoms with Gasteiger partial charge in [0.1, 0.15) is 11.5 Å². The lowest BCUT2D eigenvalue weighted by Crippen LogP contribution is -1.89. The van der Waals surface area contributed by atoms with Gasteiger partial charge in [-0.05, 0) is 28.1 Å². The van der Waals surface area contributed by atoms with Crippen molar-refractivity contribution >= 4 is 27.4 Å². The van der Waals surface area contributed by atoms with E-state index in [2.05, 4.69) is 36.3 Å². The fourth-order valence-electron chi connectivity index (χ4n) is 1.50. The topological polar surface area (TPSA) is 84.9 Å². The number of aromatic amines is 1. The third kappa shape index (κ3) is 1.36. The van der Waals surface area contributed by atoms with E-state index in [1.165, 1.54) is 0 Å². The lowest BCUT2D eigenvalue weighted by atomic mass is 10.4. The van der Waals surface area contributed by atoms with Gasteiger partial charge in [-0.2, -0.15) is 5.10 Å². The largest absolute Gasteiger partial charge is 0.382 e. The molecular weight excluding hydrogens is 272 g/mol. The maximum atomic E-state index is 5.55. The van der Waals surface area contributed by atoms with Gasteiger partial charge in [0, 0.05) is 16.7 Å². The molecule has 0 unspecified atom stereocenters. The van der Waals surface area contributed by atoms with Gasteiger partial charge in [0.2, 0.25) is 0 Å². The summed E-state index contributed by atoms with van der Waals surface area (Å²) in [6, 6.07) is 5.51. The average Bonchev–Trinajstić information content (AvgIpc) is 2.83. The Morgan fingerprint density at radius 2 is 2.19 bits per heavy atom. The van der Waals surface area contributed by atoms with Crippen molar-refractivity contribution in [2.75, 3.05) is 5.73 Å². The van der Waals surface area contributed by atoms with E-state index in [-0.39, 0.29) is 0 Å². The predicted molar refractivity (Wildman–Crippen MR) is 62.7 cm³/mol. The molecule has 0 bridgehead atoms. The molecule has 0 aliphatic rings. The van der Waals surface area contributed by atoms with Crippen LogP contribution in [0.4, 0.5) is 5.82 Å². The summed E-state index contributed by atoms with van der Waals surface area (Å²) in [5.74, 6) is 1.11. The van der Waals surface area contributed by atoms with Gasteiger partial charge in [0.15, 0.2) is 11.5 Å². The number of H-pyrrole nitrogens is 1. The Morgan fingerprint density at radius 1 is 1.31 bits per heavy atom. The smallest absolute Gasteiger partial charge is 0.186 e. The number of fused-ring (bicyclic) bond motifs is 1. The molecule has 7 heteroatoms. The van der Waals surface area contributed by atoms with Crippen molar-refractivity contribution < 1.29 is 0 Å². The summed E-state index contributed by atoms with van der Waals surface area (Å²) < 4.78 is 2.81. The second kappa shape index (κ2) is 3.31. The molecule has 3 aromatic rings. The highest BCUT2D eigenvalue weighted by molar-refractivity contribution is 9.10. The molecule has 3 rings (SSSR count). The molecule has 6 nitrogen and oxygen atoms in total. The maximum absolute atomic E-state index is 5.55. The van der Waals surface area contributed by atoms with Crippen LogP contribution in [0.3, 0.4) is 0 Å². The second-order valence-corrected chi connectivity index (χ2v) is 4.22. The third-order valence-corrected chi connectivity index (χ3v) is 2.67. The molecule has 3 aromatic heterocycles. The van der Waals surface area contributed by atoms with Crippen molar-refractivity contribution in [3.63, 3.8) is 0 Å². The molecule has 0 radical (unpaired) electrons. The van der Waals surface area contributed by atoms with Crippen LogP contribution in [0, 0.1) is 0 Å². The first kappa shape index (κ1) is 9.34. The van der Waals surface area contributed by atoms with Gasteiger partial charge >= 0.3 is 0 Å². The summed E-state index contributed by atoms with van der Waals surface area (Å²) in [5.41, 5.74) is 7.06. The molecule has 0 saturated carbocycles. The van der Waals surface area contributed by atoms with Crippen LogP contribution in [0.5, 0.6) is 0 Å². The molecule has 0 spiro atoms. The van der Waals surface area contributed by atoms with Crippen molar-refractivity contribution in [1.29, 1.82) is 0 Å². The zero-order valence-corrected chi connectivity index (χ0v) is 9.64. The summed E-state index contributed by atoms with van der Waals surface area (Å²) >= 11 is 3.40. The Kier molecular flexibility index (Phi) is 1.93. The highest BCUT2D eigenvalue weighted by atomic mass is 79.9. The van der Waals surface area contributed by atoms with Crippen LogP contribution in [-0.2, 0) is 0 Å². The van der Waals surface area contributed by atoms with Crippen molar-refractivity contribution in [2.45, 2.75) is 0 Å². The molecule has 0 amide bonds. The van der Waals surface area contributed by atoms with E-state index in [4.69, 9.17) is 5.73 Å². The van der Waals surface area contributed by atoms with Crippen LogP contribution >= 0.6 is 15.9 Å². The molecule has 16 heavy (non-hydrogen) atoms. The molecule has 0 aromatic carbocycles. The summed E-state index contributed by atoms with van der Waals surface area (Å²) in [6.45, 7) is 0. The van der Waals surface area contributed by atoms with E-state index in [1.54, 1.807) is 6.07 Å². The molecule has 0 aliphatic carbocycles. The summed E-state index contributed by atoms with van der Waals surface area (Å²) in [6.07, 6.45) is 1.89. The highest BCUT2D eigenvalue weighted by Gasteiger charge is 2.10. The highest BCUT2D eigenvalue weighted by Crippen LogP contribution is 2.19. The normalized spacial score (nSPS) is 11.1. The number of nitrogens with one attached hydrogen (secondary N) is 1. The van der Waals surface area contributed by atoms with E-state index >= 15 is 0 Å². The minimum Gasteiger partial charge on any atom is -0.382 e. The lowest BCUT2D eigenvalue weighted by molar-refractivity contribution is 1.05. The number of nitrogens with zero attached hydrogens (tertiary/aromatic N) is 4. The summed E-state index contributed by atoms with van der Waals surface area (Å²) in [7, 11) is 0. The Hall–Kier alpha value is -1.89. The zero-order valence-electron chi connectivity index (χ0n) is 8.05. The fraction of sp³-hybridized carbons (Fsp3) is 0. The van der Waals surface area contributed by atoms with E-state index in [0.29, 0.717) is 11.6 Å². The quantitative estimate of drug-likeness (QED) is 0.706. The molecule has 3 heterocycles. The lowest BCUT2D eigenvalue weighted by Gasteiger charge is -1.96. The number of hydrogen-bond donors (Lipinski definition) is 2. The first-order chi connectivity index (χ1) is 7.74. The summed E-state index contributed by atoms with van der Waals surface area (Å²) in [4.78, 5) is 0. The molecule has 3 N–H and O–H groups in total. The first-order valence-corrected chi connectivity index (χ1v) is 5.35. The van der Waals surface area contributed by atoms with Crippen molar-refractivity contribution in [1.82, 2.24) is 24.8 Å². The van der Waals surface area contributed by atoms with E-state index < -0.39 is 0 Å². The minimum atomic E-state index is 0.432. The van der Waals surface area contributed by atoms with Gasteiger partial charge in [-0.3, -0.25) is 9.50 Å². The van der Waals surface area contributed by atoms with Crippen LogP contribution in [0.1, 0.15) is 0 Å². The Bertz CT molecular complexity index is 655. The number of hydrogen-bond acceptors (Lipinski definition) is 4. The first-order valence-electron chi connectivity index (χ1n) is 4.55. The zero-order chi connectivity index (χ0) is 11.1. The number of nitrogens with two attached hydrogens (primary N) is 1. The average molecular weight is 279 g/mol. The Balaban J connectivity index is 2.27. The molecule has 0 aliphatic heterocycles. The van der Waals surface area contributed by atoms with Gasteiger partial charge in [-0.1, -0.05) is 0 Å². The molecular formula is C9H7BrN6. The van der Waals surface area contributed by atoms with Crippen LogP contribution < -0.4 is 5.73 Å². The van der Waals surface area contributed by atoms with Crippen LogP contribution in [0.2, 0.25) is 0 Å². The van der Waals surface area contributed by atoms with Crippen LogP contribution in [0.15, 0.2) is 28.9 Å². The number of pyridine rings is 1. The van der Waals surface area contributed by atoms with E-state index in [9.17, 15) is 0 Å². The fourth-order valence-corrected chi connectivity index (χ4v) is 1.84. The molecule has 0 saturated heterocycles. The van der Waals surface area contributed by atoms with E-state index in [1.807, 2.05) is 22.7 Å². The van der Waals surface area contributed by atoms with Crippen molar-refractivity contribution in [3.05, 3.63) is 28.9 Å². The number of rotatable bonds is 1. The number of halogens is 1. The number of anilines is 1. The van der Waals surface area contributed by atoms with Crippen molar-refractivity contribution in [2.24, 2.45) is 0 Å². The van der Waals surface area contributed by atoms with Crippen LogP contribution in [0.25, 0.3) is 17.2 Å². The van der Waals surface area contributed by atoms with Crippen LogP contribution in [-0.4, -0.2) is 24.8 Å². The van der Waals surface area contributed by atoms with Gasteiger partial charge in [-0.15, -0.1) is 10.2 Å². The summed E-state index contributed by atoms with van der Waals surface area (Å²) in [5, 5.41) is 14.8. The molecule has 80 valence electrons. The molecule has 0 atom stereocenters. The van der Waals surface area contributed by atoms with Crippen molar-refractivity contribution in [3.8, 4) is 11.5 Å². The minimum absolute atomic E-state index is 0.432. The molecule has 0 fully saturated rings. The SMILES string of the molecule is Nc1cc(-c2nnc3ccc(Br)cn23)[nH]n1. The van der Waals surface area contributed by atoms with E-state index in [0.717, 1.165) is 15.8 Å². The van der Waals surface area contributed by atoms with Gasteiger partial charge < -0.3 is 5.73 Å². The third-order valence-electron chi connectivity index (χ3n) is 2.20. The number of aromatic nitrogens is 5. The monoisotopic (exact) mass is 278 g/mol. The Morgan fingerprint density at radius 3 is 2.94 bits per heavy atom. The standard InChI is InChI=1S/C9H7BrN6/c10-5-1-2-8-14-15-9(16(8)4-5)6-3-7(11)13-12-6/h1-4H,(H3,11,12,13). The van der Waals surface area contributed by atoms with Gasteiger partial charge in [-0.25, -0.2) is 0 Å². The maximum Gasteiger partial charge on any atom is 0.186 e. The van der Waals surface area contributed by atoms with Gasteiger partial charge in [0.05, 0.1) is 0 Å². The second-order valence-electron chi connectivity index (χ2n) is 3.31. The Labute approximate surface area is 98.6 Å². The number of nitrogen functional groups attached to an aromatic ring is 1. The predicted octanol–water partition coefficient (Wildman–Crippen LogP) is 1.46.